The topological polar surface area (TPSA) is 108 Å². The third-order valence-corrected chi connectivity index (χ3v) is 4.00. The third-order valence-electron chi connectivity index (χ3n) is 4.00. The Morgan fingerprint density at radius 3 is 2.64 bits per heavy atom. The van der Waals surface area contributed by atoms with Gasteiger partial charge < -0.3 is 11.2 Å². The van der Waals surface area contributed by atoms with Crippen molar-refractivity contribution in [3.63, 3.8) is 0 Å². The van der Waals surface area contributed by atoms with E-state index in [0.717, 1.165) is 28.6 Å². The van der Waals surface area contributed by atoms with Gasteiger partial charge in [0.1, 0.15) is 0 Å². The summed E-state index contributed by atoms with van der Waals surface area (Å²) in [4.78, 5) is 8.36. The summed E-state index contributed by atoms with van der Waals surface area (Å²) < 4.78 is 1.91. The monoisotopic (exact) mass is 331 g/mol. The van der Waals surface area contributed by atoms with E-state index in [1.54, 1.807) is 0 Å². The number of hydrogen-bond acceptors (Lipinski definition) is 6. The molecule has 0 aliphatic rings. The average molecular weight is 331 g/mol. The van der Waals surface area contributed by atoms with Gasteiger partial charge in [0.05, 0.1) is 18.3 Å². The molecule has 7 heteroatoms. The number of nitrogens with one attached hydrogen (secondary N) is 1. The lowest BCUT2D eigenvalue weighted by Gasteiger charge is -2.07. The fraction of sp³-hybridized carbons (Fsp3) is 0.0556. The van der Waals surface area contributed by atoms with Crippen molar-refractivity contribution in [3.05, 3.63) is 66.5 Å². The van der Waals surface area contributed by atoms with E-state index in [2.05, 4.69) is 32.6 Å². The van der Waals surface area contributed by atoms with Crippen LogP contribution in [0.3, 0.4) is 0 Å². The van der Waals surface area contributed by atoms with Crippen molar-refractivity contribution >= 4 is 22.7 Å². The molecule has 0 bridgehead atoms. The first-order valence-electron chi connectivity index (χ1n) is 7.83. The van der Waals surface area contributed by atoms with E-state index in [1.165, 1.54) is 5.56 Å². The van der Waals surface area contributed by atoms with Crippen LogP contribution in [0, 0.1) is 0 Å². The molecule has 25 heavy (non-hydrogen) atoms. The summed E-state index contributed by atoms with van der Waals surface area (Å²) in [6, 6.07) is 16.1. The number of nitrogens with two attached hydrogens (primary N) is 2. The molecule has 0 atom stereocenters. The Morgan fingerprint density at radius 2 is 1.84 bits per heavy atom. The summed E-state index contributed by atoms with van der Waals surface area (Å²) in [7, 11) is 0. The quantitative estimate of drug-likeness (QED) is 0.391. The smallest absolute Gasteiger partial charge is 0.222 e. The van der Waals surface area contributed by atoms with Crippen LogP contribution in [0.25, 0.3) is 22.0 Å². The van der Waals surface area contributed by atoms with Gasteiger partial charge >= 0.3 is 0 Å². The number of hydrazine groups is 1. The zero-order valence-electron chi connectivity index (χ0n) is 13.4. The van der Waals surface area contributed by atoms with E-state index in [0.29, 0.717) is 5.82 Å². The molecular formula is C18H17N7. The highest BCUT2D eigenvalue weighted by atomic mass is 15.3. The second-order valence-corrected chi connectivity index (χ2v) is 5.72. The minimum atomic E-state index is 0.184. The van der Waals surface area contributed by atoms with Crippen LogP contribution in [0.5, 0.6) is 0 Å². The van der Waals surface area contributed by atoms with Crippen molar-refractivity contribution in [1.82, 2.24) is 19.7 Å². The van der Waals surface area contributed by atoms with Gasteiger partial charge in [-0.3, -0.25) is 4.68 Å². The fourth-order valence-corrected chi connectivity index (χ4v) is 2.81. The van der Waals surface area contributed by atoms with Crippen molar-refractivity contribution in [2.45, 2.75) is 6.54 Å². The molecule has 4 aromatic rings. The van der Waals surface area contributed by atoms with Crippen molar-refractivity contribution < 1.29 is 0 Å². The van der Waals surface area contributed by atoms with Crippen LogP contribution in [0.2, 0.25) is 0 Å². The number of nitrogens with zero attached hydrogens (tertiary/aromatic N) is 4. The zero-order chi connectivity index (χ0) is 17.2. The predicted molar refractivity (Wildman–Crippen MR) is 98.5 cm³/mol. The molecule has 7 nitrogen and oxygen atoms in total. The minimum Gasteiger partial charge on any atom is -0.368 e. The molecule has 0 saturated heterocycles. The van der Waals surface area contributed by atoms with Gasteiger partial charge in [0.15, 0.2) is 5.82 Å². The Labute approximate surface area is 144 Å². The van der Waals surface area contributed by atoms with Gasteiger partial charge in [0.2, 0.25) is 5.95 Å². The van der Waals surface area contributed by atoms with Crippen molar-refractivity contribution in [2.75, 3.05) is 11.2 Å². The number of benzene rings is 2. The first-order chi connectivity index (χ1) is 12.2. The van der Waals surface area contributed by atoms with Crippen LogP contribution >= 0.6 is 0 Å². The van der Waals surface area contributed by atoms with Gasteiger partial charge in [-0.1, -0.05) is 36.4 Å². The van der Waals surface area contributed by atoms with Gasteiger partial charge in [0.25, 0.3) is 0 Å². The Hall–Kier alpha value is -3.45. The largest absolute Gasteiger partial charge is 0.368 e. The minimum absolute atomic E-state index is 0.184. The molecule has 124 valence electrons. The molecule has 2 aromatic heterocycles. The first kappa shape index (κ1) is 15.1. The lowest BCUT2D eigenvalue weighted by atomic mass is 10.1. The van der Waals surface area contributed by atoms with Gasteiger partial charge in [0, 0.05) is 17.1 Å². The molecule has 0 aliphatic carbocycles. The van der Waals surface area contributed by atoms with E-state index in [-0.39, 0.29) is 5.95 Å². The number of aromatic nitrogens is 4. The molecule has 2 aromatic carbocycles. The number of anilines is 2. The first-order valence-corrected chi connectivity index (χ1v) is 7.83. The molecule has 0 amide bonds. The van der Waals surface area contributed by atoms with Crippen molar-refractivity contribution in [2.24, 2.45) is 5.84 Å². The van der Waals surface area contributed by atoms with E-state index in [9.17, 15) is 0 Å². The Kier molecular flexibility index (Phi) is 3.75. The summed E-state index contributed by atoms with van der Waals surface area (Å²) >= 11 is 0. The van der Waals surface area contributed by atoms with E-state index in [1.807, 2.05) is 53.5 Å². The molecule has 0 fully saturated rings. The number of rotatable bonds is 4. The highest BCUT2D eigenvalue weighted by molar-refractivity contribution is 5.93. The Morgan fingerprint density at radius 1 is 1.00 bits per heavy atom. The Balaban J connectivity index is 1.69. The van der Waals surface area contributed by atoms with Crippen LogP contribution in [-0.2, 0) is 6.54 Å². The van der Waals surface area contributed by atoms with E-state index < -0.39 is 0 Å². The molecule has 0 radical (unpaired) electrons. The molecular weight excluding hydrogens is 314 g/mol. The fourth-order valence-electron chi connectivity index (χ4n) is 2.81. The Bertz CT molecular complexity index is 1020. The molecule has 0 spiro atoms. The molecule has 0 unspecified atom stereocenters. The van der Waals surface area contributed by atoms with Gasteiger partial charge in [-0.25, -0.2) is 10.8 Å². The van der Waals surface area contributed by atoms with Crippen LogP contribution < -0.4 is 17.0 Å². The lowest BCUT2D eigenvalue weighted by molar-refractivity contribution is 0.687. The second kappa shape index (κ2) is 6.21. The van der Waals surface area contributed by atoms with Crippen LogP contribution in [0.15, 0.2) is 60.9 Å². The summed E-state index contributed by atoms with van der Waals surface area (Å²) in [5.41, 5.74) is 12.2. The number of fused-ring (bicyclic) bond motifs is 1. The van der Waals surface area contributed by atoms with Crippen LogP contribution in [-0.4, -0.2) is 19.7 Å². The maximum atomic E-state index is 5.69. The highest BCUT2D eigenvalue weighted by Crippen LogP contribution is 2.27. The summed E-state index contributed by atoms with van der Waals surface area (Å²) in [5.74, 6) is 6.24. The maximum Gasteiger partial charge on any atom is 0.222 e. The SMILES string of the molecule is NNc1nc(N)nc2ccc(-c3cnn(Cc4ccccc4)c3)cc12. The summed E-state index contributed by atoms with van der Waals surface area (Å²) in [5, 5.41) is 5.26. The zero-order valence-corrected chi connectivity index (χ0v) is 13.4. The second-order valence-electron chi connectivity index (χ2n) is 5.72. The van der Waals surface area contributed by atoms with Gasteiger partial charge in [-0.15, -0.1) is 0 Å². The molecule has 4 rings (SSSR count). The van der Waals surface area contributed by atoms with Crippen molar-refractivity contribution in [1.29, 1.82) is 0 Å². The molecule has 0 saturated carbocycles. The van der Waals surface area contributed by atoms with Gasteiger partial charge in [-0.2, -0.15) is 10.1 Å². The lowest BCUT2D eigenvalue weighted by Crippen LogP contribution is -2.11. The normalized spacial score (nSPS) is 10.9. The number of hydrogen-bond donors (Lipinski definition) is 3. The molecule has 5 N–H and O–H groups in total. The summed E-state index contributed by atoms with van der Waals surface area (Å²) in [6.07, 6.45) is 3.86. The van der Waals surface area contributed by atoms with E-state index in [4.69, 9.17) is 11.6 Å². The van der Waals surface area contributed by atoms with Gasteiger partial charge in [-0.05, 0) is 23.3 Å². The van der Waals surface area contributed by atoms with E-state index >= 15 is 0 Å². The van der Waals surface area contributed by atoms with Crippen LogP contribution in [0.1, 0.15) is 5.56 Å². The third kappa shape index (κ3) is 3.00. The maximum absolute atomic E-state index is 5.69. The molecule has 0 aliphatic heterocycles. The predicted octanol–water partition coefficient (Wildman–Crippen LogP) is 2.41. The van der Waals surface area contributed by atoms with Crippen molar-refractivity contribution in [3.8, 4) is 11.1 Å². The molecule has 2 heterocycles. The standard InChI is InChI=1S/C18H17N7/c19-18-22-16-7-6-13(8-15(16)17(23-18)24-20)14-9-21-25(11-14)10-12-4-2-1-3-5-12/h1-9,11H,10,20H2,(H3,19,22,23,24). The summed E-state index contributed by atoms with van der Waals surface area (Å²) in [6.45, 7) is 0.726. The average Bonchev–Trinajstić information content (AvgIpc) is 3.10. The number of nitrogen functional groups attached to an aromatic ring is 2. The van der Waals surface area contributed by atoms with Crippen LogP contribution in [0.4, 0.5) is 11.8 Å². The highest BCUT2D eigenvalue weighted by Gasteiger charge is 2.09.